The second-order valence-electron chi connectivity index (χ2n) is 3.08. The van der Waals surface area contributed by atoms with Gasteiger partial charge in [-0.1, -0.05) is 6.08 Å². The highest BCUT2D eigenvalue weighted by Gasteiger charge is 2.29. The molecule has 0 saturated heterocycles. The van der Waals surface area contributed by atoms with Crippen LogP contribution in [0.4, 0.5) is 0 Å². The third-order valence-electron chi connectivity index (χ3n) is 1.71. The van der Waals surface area contributed by atoms with Gasteiger partial charge in [0, 0.05) is 0 Å². The summed E-state index contributed by atoms with van der Waals surface area (Å²) in [5, 5.41) is 45.7. The van der Waals surface area contributed by atoms with Crippen LogP contribution in [0.25, 0.3) is 0 Å². The number of rotatable bonds is 7. The molecule has 0 amide bonds. The molecule has 0 aromatic rings. The van der Waals surface area contributed by atoms with Gasteiger partial charge in [0.1, 0.15) is 24.4 Å². The summed E-state index contributed by atoms with van der Waals surface area (Å²) in [4.78, 5) is 13.4. The Hall–Kier alpha value is -0.990. The van der Waals surface area contributed by atoms with Gasteiger partial charge in [-0.2, -0.15) is 0 Å². The van der Waals surface area contributed by atoms with Gasteiger partial charge >= 0.3 is 0 Å². The van der Waals surface area contributed by atoms with Crippen molar-refractivity contribution in [1.29, 1.82) is 0 Å². The maximum Gasteiger partial charge on any atom is 0.151 e. The van der Waals surface area contributed by atoms with Crippen LogP contribution in [-0.2, 0) is 4.79 Å². The topological polar surface area (TPSA) is 131 Å². The zero-order valence-corrected chi connectivity index (χ0v) is 10.4. The minimum atomic E-state index is -1.79. The molecule has 0 spiro atoms. The second kappa shape index (κ2) is 12.5. The van der Waals surface area contributed by atoms with Crippen molar-refractivity contribution in [2.45, 2.75) is 24.4 Å². The second-order valence-corrected chi connectivity index (χ2v) is 3.26. The van der Waals surface area contributed by atoms with Crippen LogP contribution in [0.5, 0.6) is 0 Å². The Morgan fingerprint density at radius 2 is 1.83 bits per heavy atom. The average molecular weight is 279 g/mol. The van der Waals surface area contributed by atoms with E-state index in [4.69, 9.17) is 25.5 Å². The van der Waals surface area contributed by atoms with E-state index in [0.717, 1.165) is 0 Å². The average Bonchev–Trinajstić information content (AvgIpc) is 2.42. The molecule has 0 aromatic carbocycles. The van der Waals surface area contributed by atoms with Gasteiger partial charge < -0.3 is 30.3 Å². The SMILES string of the molecule is C=CCN=C=S.O=CC(O)C(O)C(O)C(O)CO. The van der Waals surface area contributed by atoms with Crippen LogP contribution in [-0.4, -0.2) is 74.5 Å². The fourth-order valence-corrected chi connectivity index (χ4v) is 0.794. The molecule has 4 unspecified atom stereocenters. The van der Waals surface area contributed by atoms with Gasteiger partial charge in [0.2, 0.25) is 0 Å². The first-order valence-electron chi connectivity index (χ1n) is 4.89. The number of nitrogens with zero attached hydrogens (tertiary/aromatic N) is 1. The minimum absolute atomic E-state index is 0.0258. The number of hydrogen-bond acceptors (Lipinski definition) is 8. The molecule has 104 valence electrons. The molecule has 0 aliphatic carbocycles. The Balaban J connectivity index is 0. The van der Waals surface area contributed by atoms with E-state index in [0.29, 0.717) is 6.54 Å². The summed E-state index contributed by atoms with van der Waals surface area (Å²) in [6, 6.07) is 0. The van der Waals surface area contributed by atoms with Crippen molar-refractivity contribution in [3.63, 3.8) is 0 Å². The Morgan fingerprint density at radius 3 is 2.11 bits per heavy atom. The molecule has 0 radical (unpaired) electrons. The monoisotopic (exact) mass is 279 g/mol. The molecule has 18 heavy (non-hydrogen) atoms. The molecular formula is C10H17NO6S. The number of aliphatic hydroxyl groups is 5. The molecular weight excluding hydrogens is 262 g/mol. The molecule has 8 heteroatoms. The molecule has 0 heterocycles. The summed E-state index contributed by atoms with van der Waals surface area (Å²) < 4.78 is 0. The molecule has 0 aliphatic heterocycles. The standard InChI is InChI=1S/C6H12O6.C4H5NS/c7-1-3(9)5(11)6(12)4(10)2-8;1-2-3-5-4-6/h1,3-6,8-12H,2H2;2H,1,3H2. The lowest BCUT2D eigenvalue weighted by Gasteiger charge is -2.22. The largest absolute Gasteiger partial charge is 0.394 e. The van der Waals surface area contributed by atoms with Crippen molar-refractivity contribution in [3.05, 3.63) is 12.7 Å². The third-order valence-corrected chi connectivity index (χ3v) is 1.83. The van der Waals surface area contributed by atoms with Crippen LogP contribution in [0.1, 0.15) is 0 Å². The van der Waals surface area contributed by atoms with Gasteiger partial charge in [-0.05, 0) is 12.2 Å². The van der Waals surface area contributed by atoms with Gasteiger partial charge in [-0.15, -0.1) is 6.58 Å². The normalized spacial score (nSPS) is 16.1. The van der Waals surface area contributed by atoms with Crippen LogP contribution in [0.3, 0.4) is 0 Å². The summed E-state index contributed by atoms with van der Waals surface area (Å²) in [6.45, 7) is 3.24. The molecule has 0 aliphatic rings. The predicted octanol–water partition coefficient (Wildman–Crippen LogP) is -2.10. The first kappa shape index (κ1) is 19.4. The van der Waals surface area contributed by atoms with Crippen molar-refractivity contribution < 1.29 is 30.3 Å². The summed E-state index contributed by atoms with van der Waals surface area (Å²) in [5.41, 5.74) is 0. The Morgan fingerprint density at radius 1 is 1.28 bits per heavy atom. The zero-order valence-electron chi connectivity index (χ0n) is 9.59. The highest BCUT2D eigenvalue weighted by Crippen LogP contribution is 2.02. The van der Waals surface area contributed by atoms with E-state index in [1.165, 1.54) is 0 Å². The Bertz CT molecular complexity index is 282. The van der Waals surface area contributed by atoms with Gasteiger partial charge in [0.15, 0.2) is 6.29 Å². The Kier molecular flexibility index (Phi) is 13.4. The summed E-state index contributed by atoms with van der Waals surface area (Å²) in [7, 11) is 0. The number of hydrogen-bond donors (Lipinski definition) is 5. The fraction of sp³-hybridized carbons (Fsp3) is 0.600. The van der Waals surface area contributed by atoms with Crippen molar-refractivity contribution in [3.8, 4) is 0 Å². The number of thiocarbonyl (C=S) groups is 1. The van der Waals surface area contributed by atoms with Gasteiger partial charge in [-0.25, -0.2) is 4.99 Å². The Labute approximate surface area is 110 Å². The van der Waals surface area contributed by atoms with Crippen molar-refractivity contribution in [1.82, 2.24) is 0 Å². The smallest absolute Gasteiger partial charge is 0.151 e. The van der Waals surface area contributed by atoms with Crippen LogP contribution < -0.4 is 0 Å². The van der Waals surface area contributed by atoms with E-state index in [-0.39, 0.29) is 6.29 Å². The van der Waals surface area contributed by atoms with E-state index in [1.54, 1.807) is 6.08 Å². The van der Waals surface area contributed by atoms with Crippen LogP contribution in [0, 0.1) is 0 Å². The number of carbonyl (C=O) groups is 1. The van der Waals surface area contributed by atoms with Gasteiger partial charge in [0.05, 0.1) is 18.3 Å². The lowest BCUT2D eigenvalue weighted by molar-refractivity contribution is -0.136. The van der Waals surface area contributed by atoms with Crippen LogP contribution in [0.2, 0.25) is 0 Å². The van der Waals surface area contributed by atoms with E-state index >= 15 is 0 Å². The minimum Gasteiger partial charge on any atom is -0.394 e. The molecule has 7 nitrogen and oxygen atoms in total. The number of carbonyl (C=O) groups excluding carboxylic acids is 1. The molecule has 0 saturated carbocycles. The lowest BCUT2D eigenvalue weighted by Crippen LogP contribution is -2.46. The van der Waals surface area contributed by atoms with Crippen LogP contribution in [0.15, 0.2) is 17.6 Å². The number of aliphatic hydroxyl groups excluding tert-OH is 5. The third kappa shape index (κ3) is 9.08. The van der Waals surface area contributed by atoms with Crippen molar-refractivity contribution in [2.24, 2.45) is 4.99 Å². The van der Waals surface area contributed by atoms with Crippen molar-refractivity contribution >= 4 is 23.7 Å². The lowest BCUT2D eigenvalue weighted by atomic mass is 10.0. The summed E-state index contributed by atoms with van der Waals surface area (Å²) >= 11 is 4.25. The van der Waals surface area contributed by atoms with Gasteiger partial charge in [-0.3, -0.25) is 0 Å². The highest BCUT2D eigenvalue weighted by molar-refractivity contribution is 7.78. The van der Waals surface area contributed by atoms with Crippen LogP contribution >= 0.6 is 12.2 Å². The number of isothiocyanates is 1. The van der Waals surface area contributed by atoms with E-state index < -0.39 is 31.0 Å². The predicted molar refractivity (Wildman–Crippen MR) is 67.3 cm³/mol. The number of aldehydes is 1. The molecule has 0 fully saturated rings. The first-order chi connectivity index (χ1) is 8.45. The highest BCUT2D eigenvalue weighted by atomic mass is 32.1. The molecule has 4 atom stereocenters. The van der Waals surface area contributed by atoms with Gasteiger partial charge in [0.25, 0.3) is 0 Å². The quantitative estimate of drug-likeness (QED) is 0.156. The van der Waals surface area contributed by atoms with E-state index in [9.17, 15) is 4.79 Å². The number of aliphatic imine (C=N–C) groups is 1. The maximum atomic E-state index is 9.90. The zero-order chi connectivity index (χ0) is 14.6. The summed E-state index contributed by atoms with van der Waals surface area (Å²) in [6.07, 6.45) is -5.17. The molecule has 0 aromatic heterocycles. The van der Waals surface area contributed by atoms with Crippen molar-refractivity contribution in [2.75, 3.05) is 13.2 Å². The van der Waals surface area contributed by atoms with E-state index in [2.05, 4.69) is 29.0 Å². The molecule has 5 N–H and O–H groups in total. The first-order valence-corrected chi connectivity index (χ1v) is 5.30. The maximum absolute atomic E-state index is 9.90. The molecule has 0 bridgehead atoms. The van der Waals surface area contributed by atoms with E-state index in [1.807, 2.05) is 0 Å². The fourth-order valence-electron chi connectivity index (χ4n) is 0.720. The summed E-state index contributed by atoms with van der Waals surface area (Å²) in [5.74, 6) is 0. The molecule has 0 rings (SSSR count).